The minimum absolute atomic E-state index is 0.0211. The fourth-order valence-electron chi connectivity index (χ4n) is 5.28. The molecule has 0 saturated carbocycles. The number of nitrogens with one attached hydrogen (secondary N) is 2. The lowest BCUT2D eigenvalue weighted by Crippen LogP contribution is -2.47. The highest BCUT2D eigenvalue weighted by atomic mass is 32.2. The van der Waals surface area contributed by atoms with E-state index in [9.17, 15) is 18.0 Å². The smallest absolute Gasteiger partial charge is 0.321 e. The van der Waals surface area contributed by atoms with Crippen LogP contribution < -0.4 is 25.3 Å². The number of rotatable bonds is 8. The zero-order valence-electron chi connectivity index (χ0n) is 25.1. The number of sulfone groups is 1. The first kappa shape index (κ1) is 30.2. The zero-order valence-corrected chi connectivity index (χ0v) is 25.9. The topological polar surface area (TPSA) is 131 Å². The molecule has 228 valence electrons. The summed E-state index contributed by atoms with van der Waals surface area (Å²) < 4.78 is 25.2. The number of nitrogens with zero attached hydrogens (tertiary/aromatic N) is 6. The molecule has 2 aliphatic heterocycles. The van der Waals surface area contributed by atoms with Crippen LogP contribution in [0.4, 0.5) is 33.6 Å². The molecule has 0 bridgehead atoms. The van der Waals surface area contributed by atoms with Crippen molar-refractivity contribution in [2.45, 2.75) is 43.8 Å². The van der Waals surface area contributed by atoms with E-state index >= 15 is 0 Å². The number of aromatic nitrogens is 2. The summed E-state index contributed by atoms with van der Waals surface area (Å²) in [6.07, 6.45) is 3.52. The second-order valence-corrected chi connectivity index (χ2v) is 13.4. The summed E-state index contributed by atoms with van der Waals surface area (Å²) >= 11 is 0. The second kappa shape index (κ2) is 12.2. The Morgan fingerprint density at radius 3 is 2.60 bits per heavy atom. The number of likely N-dealkylation sites (N-methyl/N-ethyl adjacent to an activating group) is 1. The van der Waals surface area contributed by atoms with Gasteiger partial charge in [0.2, 0.25) is 11.9 Å². The fraction of sp³-hybridized carbons (Fsp3) is 0.400. The van der Waals surface area contributed by atoms with Gasteiger partial charge in [-0.2, -0.15) is 4.98 Å². The molecule has 1 atom stereocenters. The van der Waals surface area contributed by atoms with Crippen molar-refractivity contribution in [1.29, 1.82) is 0 Å². The number of benzene rings is 2. The summed E-state index contributed by atoms with van der Waals surface area (Å²) in [6, 6.07) is 14.5. The van der Waals surface area contributed by atoms with Crippen LogP contribution in [0.5, 0.6) is 0 Å². The van der Waals surface area contributed by atoms with Crippen molar-refractivity contribution < 1.29 is 18.0 Å². The molecule has 2 N–H and O–H groups in total. The van der Waals surface area contributed by atoms with Crippen LogP contribution in [0.25, 0.3) is 0 Å². The lowest BCUT2D eigenvalue weighted by molar-refractivity contribution is -0.117. The van der Waals surface area contributed by atoms with E-state index < -0.39 is 9.84 Å². The van der Waals surface area contributed by atoms with Crippen LogP contribution in [0, 0.1) is 0 Å². The number of hydrogen-bond acceptors (Lipinski definition) is 9. The van der Waals surface area contributed by atoms with Crippen molar-refractivity contribution >= 4 is 50.6 Å². The maximum atomic E-state index is 13.3. The first-order valence-electron chi connectivity index (χ1n) is 14.2. The Morgan fingerprint density at radius 1 is 1.16 bits per heavy atom. The van der Waals surface area contributed by atoms with E-state index in [0.717, 1.165) is 32.3 Å². The molecule has 1 fully saturated rings. The minimum Gasteiger partial charge on any atom is -0.343 e. The van der Waals surface area contributed by atoms with Gasteiger partial charge in [0.25, 0.3) is 0 Å². The van der Waals surface area contributed by atoms with Gasteiger partial charge in [-0.05, 0) is 44.0 Å². The SMILES string of the molecule is CC(C)N1CC(=O)N(C)c2cnc(Nc3cc(N(C)C(=O)N[C@H]4CCN(Cc5ccccc5)C4)cc(S(C)(=O)=O)c3)nc21. The maximum absolute atomic E-state index is 13.3. The van der Waals surface area contributed by atoms with E-state index in [1.54, 1.807) is 26.4 Å². The third-order valence-electron chi connectivity index (χ3n) is 7.80. The maximum Gasteiger partial charge on any atom is 0.321 e. The molecule has 0 spiro atoms. The predicted octanol–water partition coefficient (Wildman–Crippen LogP) is 3.24. The molecule has 5 rings (SSSR count). The number of amides is 3. The van der Waals surface area contributed by atoms with Gasteiger partial charge in [0, 0.05) is 63.4 Å². The summed E-state index contributed by atoms with van der Waals surface area (Å²) in [4.78, 5) is 42.0. The van der Waals surface area contributed by atoms with Crippen LogP contribution in [0.2, 0.25) is 0 Å². The van der Waals surface area contributed by atoms with E-state index in [1.165, 1.54) is 27.5 Å². The summed E-state index contributed by atoms with van der Waals surface area (Å²) in [6.45, 7) is 6.57. The lowest BCUT2D eigenvalue weighted by Gasteiger charge is -2.36. The quantitative estimate of drug-likeness (QED) is 0.397. The second-order valence-electron chi connectivity index (χ2n) is 11.4. The Hall–Kier alpha value is -4.23. The van der Waals surface area contributed by atoms with Crippen molar-refractivity contribution in [2.24, 2.45) is 0 Å². The monoisotopic (exact) mass is 606 g/mol. The van der Waals surface area contributed by atoms with Gasteiger partial charge < -0.3 is 20.4 Å². The van der Waals surface area contributed by atoms with E-state index in [0.29, 0.717) is 22.9 Å². The Morgan fingerprint density at radius 2 is 1.91 bits per heavy atom. The average molecular weight is 607 g/mol. The highest BCUT2D eigenvalue weighted by Crippen LogP contribution is 2.33. The number of anilines is 5. The van der Waals surface area contributed by atoms with Gasteiger partial charge >= 0.3 is 6.03 Å². The van der Waals surface area contributed by atoms with Gasteiger partial charge in [0.15, 0.2) is 15.7 Å². The minimum atomic E-state index is -3.60. The van der Waals surface area contributed by atoms with Crippen LogP contribution in [-0.4, -0.2) is 87.3 Å². The summed E-state index contributed by atoms with van der Waals surface area (Å²) in [5.74, 6) is 0.780. The number of carbonyl (C=O) groups is 2. The van der Waals surface area contributed by atoms with Crippen molar-refractivity contribution in [3.8, 4) is 0 Å². The van der Waals surface area contributed by atoms with Crippen molar-refractivity contribution in [3.05, 3.63) is 60.3 Å². The molecule has 2 aromatic carbocycles. The van der Waals surface area contributed by atoms with Crippen LogP contribution in [-0.2, 0) is 21.2 Å². The first-order valence-corrected chi connectivity index (χ1v) is 16.1. The highest BCUT2D eigenvalue weighted by Gasteiger charge is 2.31. The molecule has 0 radical (unpaired) electrons. The van der Waals surface area contributed by atoms with Gasteiger partial charge in [-0.1, -0.05) is 30.3 Å². The third kappa shape index (κ3) is 6.89. The van der Waals surface area contributed by atoms with Crippen molar-refractivity contribution in [1.82, 2.24) is 20.2 Å². The van der Waals surface area contributed by atoms with Crippen LogP contribution in [0.3, 0.4) is 0 Å². The van der Waals surface area contributed by atoms with E-state index in [2.05, 4.69) is 37.6 Å². The van der Waals surface area contributed by atoms with Crippen LogP contribution in [0.15, 0.2) is 59.6 Å². The molecule has 3 aromatic rings. The van der Waals surface area contributed by atoms with E-state index in [1.807, 2.05) is 36.9 Å². The Balaban J connectivity index is 1.34. The van der Waals surface area contributed by atoms with E-state index in [-0.39, 0.29) is 41.4 Å². The van der Waals surface area contributed by atoms with Gasteiger partial charge in [0.05, 0.1) is 17.6 Å². The molecular weight excluding hydrogens is 568 g/mol. The van der Waals surface area contributed by atoms with E-state index in [4.69, 9.17) is 0 Å². The molecular formula is C30H38N8O4S. The largest absolute Gasteiger partial charge is 0.343 e. The molecule has 13 heteroatoms. The number of carbonyl (C=O) groups excluding carboxylic acids is 2. The Labute approximate surface area is 252 Å². The zero-order chi connectivity index (χ0) is 30.9. The molecule has 43 heavy (non-hydrogen) atoms. The van der Waals surface area contributed by atoms with Crippen molar-refractivity contribution in [2.75, 3.05) is 60.0 Å². The molecule has 1 saturated heterocycles. The summed E-state index contributed by atoms with van der Waals surface area (Å²) in [5, 5.41) is 6.20. The van der Waals surface area contributed by atoms with Crippen LogP contribution in [0.1, 0.15) is 25.8 Å². The average Bonchev–Trinajstić information content (AvgIpc) is 3.40. The fourth-order valence-corrected chi connectivity index (χ4v) is 5.96. The van der Waals surface area contributed by atoms with Crippen LogP contribution >= 0.6 is 0 Å². The summed E-state index contributed by atoms with van der Waals surface area (Å²) in [7, 11) is -0.309. The van der Waals surface area contributed by atoms with Gasteiger partial charge in [-0.25, -0.2) is 18.2 Å². The Bertz CT molecular complexity index is 1620. The van der Waals surface area contributed by atoms with Crippen molar-refractivity contribution in [3.63, 3.8) is 0 Å². The number of fused-ring (bicyclic) bond motifs is 1. The van der Waals surface area contributed by atoms with Gasteiger partial charge in [-0.15, -0.1) is 0 Å². The molecule has 3 amide bonds. The lowest BCUT2D eigenvalue weighted by atomic mass is 10.2. The summed E-state index contributed by atoms with van der Waals surface area (Å²) in [5.41, 5.74) is 2.62. The van der Waals surface area contributed by atoms with Gasteiger partial charge in [-0.3, -0.25) is 14.6 Å². The number of urea groups is 1. The standard InChI is InChI=1S/C30H38N8O4S/c1-20(2)38-19-27(39)36(4)26-16-31-29(34-28(26)38)32-23-13-24(15-25(14-23)43(5,41)42)35(3)30(40)33-22-11-12-37(18-22)17-21-9-7-6-8-10-21/h6-10,13-16,20,22H,11-12,17-19H2,1-5H3,(H,33,40)(H,31,32,34)/t22-/m0/s1. The molecule has 1 aromatic heterocycles. The Kier molecular flexibility index (Phi) is 8.56. The predicted molar refractivity (Wildman–Crippen MR) is 168 cm³/mol. The number of hydrogen-bond donors (Lipinski definition) is 2. The molecule has 0 aliphatic carbocycles. The first-order chi connectivity index (χ1) is 20.4. The molecule has 2 aliphatic rings. The molecule has 12 nitrogen and oxygen atoms in total. The molecule has 3 heterocycles. The number of likely N-dealkylation sites (tertiary alicyclic amines) is 1. The third-order valence-corrected chi connectivity index (χ3v) is 8.89. The normalized spacial score (nSPS) is 17.3. The molecule has 0 unspecified atom stereocenters. The van der Waals surface area contributed by atoms with Gasteiger partial charge in [0.1, 0.15) is 5.69 Å². The highest BCUT2D eigenvalue weighted by molar-refractivity contribution is 7.90.